The van der Waals surface area contributed by atoms with Gasteiger partial charge in [0.15, 0.2) is 0 Å². The van der Waals surface area contributed by atoms with E-state index in [2.05, 4.69) is 10.1 Å². The number of non-ortho nitro benzene ring substituents is 1. The van der Waals surface area contributed by atoms with Gasteiger partial charge in [0.05, 0.1) is 18.6 Å². The van der Waals surface area contributed by atoms with Gasteiger partial charge in [0.1, 0.15) is 6.04 Å². The van der Waals surface area contributed by atoms with Gasteiger partial charge < -0.3 is 15.2 Å². The fourth-order valence-corrected chi connectivity index (χ4v) is 1.43. The maximum Gasteiger partial charge on any atom is 0.330 e. The molecule has 1 aromatic rings. The monoisotopic (exact) mass is 254 g/mol. The van der Waals surface area contributed by atoms with Crippen LogP contribution in [0, 0.1) is 17.0 Å². The standard InChI is InChI=1S/C11H14N2O5/c1-7-5-8(13(16)17)3-4-9(7)12-10(6-14)11(15)18-2/h3-5,10,12,14H,6H2,1-2H3. The summed E-state index contributed by atoms with van der Waals surface area (Å²) in [6.45, 7) is 1.24. The Kier molecular flexibility index (Phi) is 4.61. The first-order valence-electron chi connectivity index (χ1n) is 5.20. The zero-order valence-corrected chi connectivity index (χ0v) is 10.0. The number of anilines is 1. The lowest BCUT2D eigenvalue weighted by Gasteiger charge is -2.16. The van der Waals surface area contributed by atoms with E-state index < -0.39 is 23.5 Å². The van der Waals surface area contributed by atoms with Crippen molar-refractivity contribution < 1.29 is 19.6 Å². The third-order valence-electron chi connectivity index (χ3n) is 2.42. The molecule has 7 heteroatoms. The molecule has 0 saturated heterocycles. The lowest BCUT2D eigenvalue weighted by molar-refractivity contribution is -0.384. The van der Waals surface area contributed by atoms with Crippen LogP contribution in [-0.2, 0) is 9.53 Å². The van der Waals surface area contributed by atoms with Crippen LogP contribution in [0.25, 0.3) is 0 Å². The smallest absolute Gasteiger partial charge is 0.330 e. The summed E-state index contributed by atoms with van der Waals surface area (Å²) in [5.41, 5.74) is 1.10. The van der Waals surface area contributed by atoms with Gasteiger partial charge in [-0.3, -0.25) is 10.1 Å². The Bertz CT molecular complexity index is 461. The van der Waals surface area contributed by atoms with Gasteiger partial charge in [0.25, 0.3) is 5.69 Å². The van der Waals surface area contributed by atoms with Crippen molar-refractivity contribution in [2.24, 2.45) is 0 Å². The number of nitro benzene ring substituents is 1. The van der Waals surface area contributed by atoms with E-state index in [9.17, 15) is 14.9 Å². The summed E-state index contributed by atoms with van der Waals surface area (Å²) in [4.78, 5) is 21.3. The van der Waals surface area contributed by atoms with Crippen LogP contribution in [0.4, 0.5) is 11.4 Å². The third kappa shape index (κ3) is 3.17. The molecular formula is C11H14N2O5. The summed E-state index contributed by atoms with van der Waals surface area (Å²) in [5.74, 6) is -0.602. The zero-order chi connectivity index (χ0) is 13.7. The number of carbonyl (C=O) groups excluding carboxylic acids is 1. The van der Waals surface area contributed by atoms with Crippen molar-refractivity contribution in [3.05, 3.63) is 33.9 Å². The molecule has 1 aromatic carbocycles. The van der Waals surface area contributed by atoms with Crippen LogP contribution >= 0.6 is 0 Å². The number of hydrogen-bond donors (Lipinski definition) is 2. The van der Waals surface area contributed by atoms with Crippen molar-refractivity contribution in [1.29, 1.82) is 0 Å². The molecule has 0 aliphatic heterocycles. The molecule has 0 aliphatic carbocycles. The van der Waals surface area contributed by atoms with E-state index >= 15 is 0 Å². The largest absolute Gasteiger partial charge is 0.467 e. The van der Waals surface area contributed by atoms with E-state index in [1.54, 1.807) is 6.92 Å². The summed E-state index contributed by atoms with van der Waals surface area (Å²) >= 11 is 0. The molecule has 18 heavy (non-hydrogen) atoms. The molecule has 0 spiro atoms. The summed E-state index contributed by atoms with van der Waals surface area (Å²) in [6, 6.07) is 3.30. The Labute approximate surface area is 104 Å². The Hall–Kier alpha value is -2.15. The predicted octanol–water partition coefficient (Wildman–Crippen LogP) is 0.849. The first-order valence-corrected chi connectivity index (χ1v) is 5.20. The Morgan fingerprint density at radius 2 is 2.28 bits per heavy atom. The molecule has 1 rings (SSSR count). The lowest BCUT2D eigenvalue weighted by atomic mass is 10.1. The Morgan fingerprint density at radius 1 is 1.61 bits per heavy atom. The molecule has 0 saturated carbocycles. The fraction of sp³-hybridized carbons (Fsp3) is 0.364. The zero-order valence-electron chi connectivity index (χ0n) is 10.0. The van der Waals surface area contributed by atoms with Crippen LogP contribution in [0.5, 0.6) is 0 Å². The number of nitrogens with one attached hydrogen (secondary N) is 1. The highest BCUT2D eigenvalue weighted by molar-refractivity contribution is 5.79. The second-order valence-corrected chi connectivity index (χ2v) is 3.66. The van der Waals surface area contributed by atoms with Gasteiger partial charge in [-0.2, -0.15) is 0 Å². The number of carbonyl (C=O) groups is 1. The van der Waals surface area contributed by atoms with Crippen molar-refractivity contribution in [1.82, 2.24) is 0 Å². The number of esters is 1. The summed E-state index contributed by atoms with van der Waals surface area (Å²) in [5, 5.41) is 22.4. The van der Waals surface area contributed by atoms with Crippen LogP contribution in [0.15, 0.2) is 18.2 Å². The first kappa shape index (κ1) is 13.9. The van der Waals surface area contributed by atoms with Crippen molar-refractivity contribution in [3.63, 3.8) is 0 Å². The average molecular weight is 254 g/mol. The molecular weight excluding hydrogens is 240 g/mol. The third-order valence-corrected chi connectivity index (χ3v) is 2.42. The topological polar surface area (TPSA) is 102 Å². The number of nitro groups is 1. The number of benzene rings is 1. The van der Waals surface area contributed by atoms with Crippen molar-refractivity contribution >= 4 is 17.3 Å². The van der Waals surface area contributed by atoms with E-state index in [0.29, 0.717) is 11.3 Å². The average Bonchev–Trinajstić information content (AvgIpc) is 2.36. The van der Waals surface area contributed by atoms with Gasteiger partial charge in [0, 0.05) is 17.8 Å². The van der Waals surface area contributed by atoms with E-state index in [-0.39, 0.29) is 5.69 Å². The Balaban J connectivity index is 2.90. The molecule has 98 valence electrons. The molecule has 0 aromatic heterocycles. The highest BCUT2D eigenvalue weighted by atomic mass is 16.6. The lowest BCUT2D eigenvalue weighted by Crippen LogP contribution is -2.34. The van der Waals surface area contributed by atoms with Gasteiger partial charge in [-0.1, -0.05) is 0 Å². The number of aliphatic hydroxyl groups excluding tert-OH is 1. The minimum atomic E-state index is -0.893. The first-order chi connectivity index (χ1) is 8.49. The van der Waals surface area contributed by atoms with Crippen molar-refractivity contribution in [3.8, 4) is 0 Å². The molecule has 1 unspecified atom stereocenters. The van der Waals surface area contributed by atoms with Crippen molar-refractivity contribution in [2.45, 2.75) is 13.0 Å². The van der Waals surface area contributed by atoms with Crippen LogP contribution < -0.4 is 5.32 Å². The minimum Gasteiger partial charge on any atom is -0.467 e. The van der Waals surface area contributed by atoms with Gasteiger partial charge in [-0.05, 0) is 18.6 Å². The number of methoxy groups -OCH3 is 1. The fourth-order valence-electron chi connectivity index (χ4n) is 1.43. The number of hydrogen-bond acceptors (Lipinski definition) is 6. The van der Waals surface area contributed by atoms with Gasteiger partial charge in [-0.25, -0.2) is 4.79 Å². The normalized spacial score (nSPS) is 11.7. The molecule has 7 nitrogen and oxygen atoms in total. The van der Waals surface area contributed by atoms with Crippen LogP contribution in [0.1, 0.15) is 5.56 Å². The summed E-state index contributed by atoms with van der Waals surface area (Å²) in [7, 11) is 1.22. The van der Waals surface area contributed by atoms with Crippen LogP contribution in [0.3, 0.4) is 0 Å². The summed E-state index contributed by atoms with van der Waals surface area (Å²) < 4.78 is 4.51. The van der Waals surface area contributed by atoms with Crippen LogP contribution in [-0.4, -0.2) is 35.8 Å². The van der Waals surface area contributed by atoms with Crippen LogP contribution in [0.2, 0.25) is 0 Å². The molecule has 0 amide bonds. The molecule has 1 atom stereocenters. The molecule has 0 fully saturated rings. The molecule has 0 aliphatic rings. The number of nitrogens with zero attached hydrogens (tertiary/aromatic N) is 1. The van der Waals surface area contributed by atoms with E-state index in [1.807, 2.05) is 0 Å². The van der Waals surface area contributed by atoms with Gasteiger partial charge in [0.2, 0.25) is 0 Å². The van der Waals surface area contributed by atoms with Gasteiger partial charge >= 0.3 is 5.97 Å². The molecule has 2 N–H and O–H groups in total. The van der Waals surface area contributed by atoms with Crippen molar-refractivity contribution in [2.75, 3.05) is 19.0 Å². The molecule has 0 bridgehead atoms. The number of rotatable bonds is 5. The minimum absolute atomic E-state index is 0.0309. The van der Waals surface area contributed by atoms with E-state index in [4.69, 9.17) is 5.11 Å². The highest BCUT2D eigenvalue weighted by Crippen LogP contribution is 2.21. The van der Waals surface area contributed by atoms with E-state index in [1.165, 1.54) is 25.3 Å². The predicted molar refractivity (Wildman–Crippen MR) is 64.3 cm³/mol. The second kappa shape index (κ2) is 5.97. The number of ether oxygens (including phenoxy) is 1. The highest BCUT2D eigenvalue weighted by Gasteiger charge is 2.19. The molecule has 0 radical (unpaired) electrons. The SMILES string of the molecule is COC(=O)C(CO)Nc1ccc([N+](=O)[O-])cc1C. The number of aliphatic hydroxyl groups is 1. The molecule has 0 heterocycles. The van der Waals surface area contributed by atoms with E-state index in [0.717, 1.165) is 0 Å². The van der Waals surface area contributed by atoms with Gasteiger partial charge in [-0.15, -0.1) is 0 Å². The second-order valence-electron chi connectivity index (χ2n) is 3.66. The maximum absolute atomic E-state index is 11.3. The summed E-state index contributed by atoms with van der Waals surface area (Å²) in [6.07, 6.45) is 0. The quantitative estimate of drug-likeness (QED) is 0.459. The number of aryl methyl sites for hydroxylation is 1. The maximum atomic E-state index is 11.3. The Morgan fingerprint density at radius 3 is 2.72 bits per heavy atom.